The fourth-order valence-corrected chi connectivity index (χ4v) is 3.19. The number of thiazole rings is 1. The summed E-state index contributed by atoms with van der Waals surface area (Å²) < 4.78 is 5.63. The van der Waals surface area contributed by atoms with Gasteiger partial charge in [-0.25, -0.2) is 4.98 Å². The van der Waals surface area contributed by atoms with Crippen LogP contribution in [0, 0.1) is 6.92 Å². The van der Waals surface area contributed by atoms with E-state index in [1.807, 2.05) is 37.3 Å². The second kappa shape index (κ2) is 8.63. The van der Waals surface area contributed by atoms with Crippen molar-refractivity contribution in [3.05, 3.63) is 70.5 Å². The fourth-order valence-electron chi connectivity index (χ4n) is 2.57. The molecule has 4 nitrogen and oxygen atoms in total. The maximum absolute atomic E-state index is 12.1. The Bertz CT molecular complexity index is 844. The van der Waals surface area contributed by atoms with E-state index in [1.165, 1.54) is 5.56 Å². The lowest BCUT2D eigenvalue weighted by molar-refractivity contribution is -0.127. The van der Waals surface area contributed by atoms with Crippen LogP contribution in [0.3, 0.4) is 0 Å². The first-order chi connectivity index (χ1) is 12.6. The topological polar surface area (TPSA) is 51.2 Å². The highest BCUT2D eigenvalue weighted by Crippen LogP contribution is 2.21. The van der Waals surface area contributed by atoms with Crippen LogP contribution in [0.1, 0.15) is 17.5 Å². The number of rotatable bonds is 7. The maximum atomic E-state index is 12.1. The van der Waals surface area contributed by atoms with E-state index in [9.17, 15) is 4.79 Å². The van der Waals surface area contributed by atoms with E-state index in [4.69, 9.17) is 4.74 Å². The van der Waals surface area contributed by atoms with Gasteiger partial charge in [0.2, 0.25) is 0 Å². The molecule has 1 unspecified atom stereocenters. The minimum atomic E-state index is -0.521. The summed E-state index contributed by atoms with van der Waals surface area (Å²) in [7, 11) is 0. The van der Waals surface area contributed by atoms with Crippen LogP contribution >= 0.6 is 11.3 Å². The molecule has 26 heavy (non-hydrogen) atoms. The molecule has 3 rings (SSSR count). The summed E-state index contributed by atoms with van der Waals surface area (Å²) >= 11 is 1.65. The van der Waals surface area contributed by atoms with Crippen LogP contribution in [0.5, 0.6) is 5.75 Å². The Morgan fingerprint density at radius 1 is 1.15 bits per heavy atom. The molecule has 134 valence electrons. The van der Waals surface area contributed by atoms with Crippen molar-refractivity contribution in [2.24, 2.45) is 0 Å². The highest BCUT2D eigenvalue weighted by molar-refractivity contribution is 7.09. The van der Waals surface area contributed by atoms with Crippen molar-refractivity contribution < 1.29 is 9.53 Å². The van der Waals surface area contributed by atoms with Crippen LogP contribution in [-0.4, -0.2) is 23.5 Å². The molecule has 1 aromatic heterocycles. The number of para-hydroxylation sites is 1. The van der Waals surface area contributed by atoms with Crippen LogP contribution in [0.2, 0.25) is 0 Å². The Balaban J connectivity index is 1.46. The van der Waals surface area contributed by atoms with Gasteiger partial charge in [-0.15, -0.1) is 11.3 Å². The standard InChI is InChI=1S/C21H22N2O2S/c1-15(25-19-6-4-3-5-7-19)21(24)22-13-12-17-8-10-18(11-9-17)20-14-26-16(2)23-20/h3-11,14-15H,12-13H2,1-2H3,(H,22,24). The SMILES string of the molecule is Cc1nc(-c2ccc(CCNC(=O)C(C)Oc3ccccc3)cc2)cs1. The van der Waals surface area contributed by atoms with Gasteiger partial charge in [0.1, 0.15) is 5.75 Å². The van der Waals surface area contributed by atoms with Gasteiger partial charge < -0.3 is 10.1 Å². The van der Waals surface area contributed by atoms with Crippen molar-refractivity contribution in [2.75, 3.05) is 6.54 Å². The molecule has 0 aliphatic heterocycles. The number of hydrogen-bond donors (Lipinski definition) is 1. The number of nitrogens with zero attached hydrogens (tertiary/aromatic N) is 1. The van der Waals surface area contributed by atoms with Gasteiger partial charge in [0.15, 0.2) is 6.10 Å². The molecule has 2 aromatic carbocycles. The largest absolute Gasteiger partial charge is 0.481 e. The number of aromatic nitrogens is 1. The number of carbonyl (C=O) groups excluding carboxylic acids is 1. The lowest BCUT2D eigenvalue weighted by atomic mass is 10.1. The number of hydrogen-bond acceptors (Lipinski definition) is 4. The number of carbonyl (C=O) groups is 1. The predicted molar refractivity (Wildman–Crippen MR) is 106 cm³/mol. The van der Waals surface area contributed by atoms with Crippen molar-refractivity contribution in [3.8, 4) is 17.0 Å². The van der Waals surface area contributed by atoms with Crippen LogP contribution in [-0.2, 0) is 11.2 Å². The summed E-state index contributed by atoms with van der Waals surface area (Å²) in [6.07, 6.45) is 0.257. The van der Waals surface area contributed by atoms with Crippen molar-refractivity contribution in [1.29, 1.82) is 0 Å². The van der Waals surface area contributed by atoms with Gasteiger partial charge in [0.05, 0.1) is 10.7 Å². The van der Waals surface area contributed by atoms with E-state index in [0.717, 1.165) is 22.7 Å². The van der Waals surface area contributed by atoms with Gasteiger partial charge in [-0.05, 0) is 38.0 Å². The first-order valence-electron chi connectivity index (χ1n) is 8.62. The summed E-state index contributed by atoms with van der Waals surface area (Å²) in [6, 6.07) is 17.7. The summed E-state index contributed by atoms with van der Waals surface area (Å²) in [5.74, 6) is 0.589. The molecule has 5 heteroatoms. The van der Waals surface area contributed by atoms with Gasteiger partial charge in [-0.1, -0.05) is 42.5 Å². The Kier molecular flexibility index (Phi) is 6.02. The molecule has 0 saturated heterocycles. The maximum Gasteiger partial charge on any atom is 0.260 e. The summed E-state index contributed by atoms with van der Waals surface area (Å²) in [5.41, 5.74) is 3.31. The second-order valence-corrected chi connectivity index (χ2v) is 7.13. The number of nitrogens with one attached hydrogen (secondary N) is 1. The average Bonchev–Trinajstić information content (AvgIpc) is 3.09. The molecule has 0 spiro atoms. The minimum Gasteiger partial charge on any atom is -0.481 e. The number of ether oxygens (including phenoxy) is 1. The van der Waals surface area contributed by atoms with Crippen molar-refractivity contribution in [3.63, 3.8) is 0 Å². The van der Waals surface area contributed by atoms with Gasteiger partial charge >= 0.3 is 0 Å². The third kappa shape index (κ3) is 4.92. The van der Waals surface area contributed by atoms with Crippen LogP contribution < -0.4 is 10.1 Å². The summed E-state index contributed by atoms with van der Waals surface area (Å²) in [6.45, 7) is 4.34. The molecule has 1 heterocycles. The van der Waals surface area contributed by atoms with Gasteiger partial charge in [-0.2, -0.15) is 0 Å². The average molecular weight is 366 g/mol. The highest BCUT2D eigenvalue weighted by Gasteiger charge is 2.13. The smallest absolute Gasteiger partial charge is 0.260 e. The number of aryl methyl sites for hydroxylation is 1. The van der Waals surface area contributed by atoms with E-state index < -0.39 is 6.10 Å². The Labute approximate surface area is 157 Å². The predicted octanol–water partition coefficient (Wildman–Crippen LogP) is 4.24. The first-order valence-corrected chi connectivity index (χ1v) is 9.50. The van der Waals surface area contributed by atoms with Crippen LogP contribution in [0.25, 0.3) is 11.3 Å². The summed E-state index contributed by atoms with van der Waals surface area (Å²) in [4.78, 5) is 16.6. The zero-order chi connectivity index (χ0) is 18.4. The second-order valence-electron chi connectivity index (χ2n) is 6.06. The Morgan fingerprint density at radius 2 is 1.88 bits per heavy atom. The van der Waals surface area contributed by atoms with Crippen LogP contribution in [0.15, 0.2) is 60.0 Å². The van der Waals surface area contributed by atoms with E-state index in [1.54, 1.807) is 18.3 Å². The lowest BCUT2D eigenvalue weighted by Crippen LogP contribution is -2.37. The molecule has 0 fully saturated rings. The molecule has 0 aliphatic carbocycles. The van der Waals surface area contributed by atoms with Gasteiger partial charge in [0, 0.05) is 17.5 Å². The normalized spacial score (nSPS) is 11.8. The number of benzene rings is 2. The molecule has 1 N–H and O–H groups in total. The van der Waals surface area contributed by atoms with Crippen molar-refractivity contribution >= 4 is 17.2 Å². The fraction of sp³-hybridized carbons (Fsp3) is 0.238. The van der Waals surface area contributed by atoms with E-state index in [2.05, 4.69) is 39.9 Å². The van der Waals surface area contributed by atoms with Gasteiger partial charge in [0.25, 0.3) is 5.91 Å². The monoisotopic (exact) mass is 366 g/mol. The van der Waals surface area contributed by atoms with Crippen LogP contribution in [0.4, 0.5) is 0 Å². The highest BCUT2D eigenvalue weighted by atomic mass is 32.1. The molecule has 0 radical (unpaired) electrons. The van der Waals surface area contributed by atoms with Gasteiger partial charge in [-0.3, -0.25) is 4.79 Å². The molecule has 0 saturated carbocycles. The molecule has 0 aliphatic rings. The molecular formula is C21H22N2O2S. The third-order valence-corrected chi connectivity index (χ3v) is 4.78. The zero-order valence-electron chi connectivity index (χ0n) is 14.9. The molecule has 1 atom stereocenters. The lowest BCUT2D eigenvalue weighted by Gasteiger charge is -2.14. The quantitative estimate of drug-likeness (QED) is 0.680. The Hall–Kier alpha value is -2.66. The molecule has 0 bridgehead atoms. The third-order valence-electron chi connectivity index (χ3n) is 4.01. The molecule has 3 aromatic rings. The summed E-state index contributed by atoms with van der Waals surface area (Å²) in [5, 5.41) is 6.06. The minimum absolute atomic E-state index is 0.108. The van der Waals surface area contributed by atoms with E-state index >= 15 is 0 Å². The molecular weight excluding hydrogens is 344 g/mol. The zero-order valence-corrected chi connectivity index (χ0v) is 15.8. The Morgan fingerprint density at radius 3 is 2.54 bits per heavy atom. The van der Waals surface area contributed by atoms with Crippen molar-refractivity contribution in [2.45, 2.75) is 26.4 Å². The van der Waals surface area contributed by atoms with E-state index in [0.29, 0.717) is 12.3 Å². The first kappa shape index (κ1) is 18.1. The van der Waals surface area contributed by atoms with E-state index in [-0.39, 0.29) is 5.91 Å². The number of amides is 1. The molecule has 1 amide bonds. The van der Waals surface area contributed by atoms with Crippen molar-refractivity contribution in [1.82, 2.24) is 10.3 Å².